The molecule has 6 heteroatoms. The van der Waals surface area contributed by atoms with E-state index >= 15 is 0 Å². The SMILES string of the molecule is CC(CCO)CCOC(=O)CCCOC(=O)CCCO. The zero-order chi connectivity index (χ0) is 15.2. The highest BCUT2D eigenvalue weighted by Crippen LogP contribution is 2.07. The lowest BCUT2D eigenvalue weighted by molar-refractivity contribution is -0.148. The van der Waals surface area contributed by atoms with Crippen molar-refractivity contribution in [2.75, 3.05) is 26.4 Å². The lowest BCUT2D eigenvalue weighted by Crippen LogP contribution is -2.11. The van der Waals surface area contributed by atoms with E-state index in [9.17, 15) is 9.59 Å². The van der Waals surface area contributed by atoms with Crippen LogP contribution in [0.4, 0.5) is 0 Å². The van der Waals surface area contributed by atoms with Gasteiger partial charge in [-0.05, 0) is 31.6 Å². The van der Waals surface area contributed by atoms with Crippen LogP contribution in [0, 0.1) is 5.92 Å². The lowest BCUT2D eigenvalue weighted by Gasteiger charge is -2.10. The van der Waals surface area contributed by atoms with Gasteiger partial charge in [0.15, 0.2) is 0 Å². The number of hydrogen-bond acceptors (Lipinski definition) is 6. The van der Waals surface area contributed by atoms with Crippen LogP contribution in [0.25, 0.3) is 0 Å². The maximum absolute atomic E-state index is 11.4. The molecule has 1 unspecified atom stereocenters. The highest BCUT2D eigenvalue weighted by atomic mass is 16.5. The minimum atomic E-state index is -0.356. The first kappa shape index (κ1) is 18.9. The van der Waals surface area contributed by atoms with E-state index in [1.807, 2.05) is 6.92 Å². The van der Waals surface area contributed by atoms with Crippen molar-refractivity contribution >= 4 is 11.9 Å². The molecule has 0 spiro atoms. The van der Waals surface area contributed by atoms with Crippen LogP contribution in [0.2, 0.25) is 0 Å². The van der Waals surface area contributed by atoms with Gasteiger partial charge in [0.25, 0.3) is 0 Å². The van der Waals surface area contributed by atoms with Crippen LogP contribution in [0.5, 0.6) is 0 Å². The average Bonchev–Trinajstić information content (AvgIpc) is 2.41. The Morgan fingerprint density at radius 1 is 0.900 bits per heavy atom. The molecule has 0 aromatic rings. The van der Waals surface area contributed by atoms with Gasteiger partial charge in [0.1, 0.15) is 0 Å². The summed E-state index contributed by atoms with van der Waals surface area (Å²) < 4.78 is 9.92. The van der Waals surface area contributed by atoms with Gasteiger partial charge in [-0.25, -0.2) is 0 Å². The van der Waals surface area contributed by atoms with Crippen molar-refractivity contribution in [2.45, 2.75) is 45.4 Å². The first-order valence-electron chi connectivity index (χ1n) is 7.13. The van der Waals surface area contributed by atoms with E-state index < -0.39 is 0 Å². The Morgan fingerprint density at radius 3 is 2.10 bits per heavy atom. The molecule has 0 aliphatic carbocycles. The Kier molecular flexibility index (Phi) is 12.1. The largest absolute Gasteiger partial charge is 0.466 e. The van der Waals surface area contributed by atoms with Gasteiger partial charge in [-0.15, -0.1) is 0 Å². The van der Waals surface area contributed by atoms with E-state index in [4.69, 9.17) is 19.7 Å². The summed E-state index contributed by atoms with van der Waals surface area (Å²) in [6.07, 6.45) is 2.71. The third kappa shape index (κ3) is 11.9. The van der Waals surface area contributed by atoms with Gasteiger partial charge in [-0.1, -0.05) is 6.92 Å². The fourth-order valence-corrected chi connectivity index (χ4v) is 1.51. The minimum Gasteiger partial charge on any atom is -0.466 e. The lowest BCUT2D eigenvalue weighted by atomic mass is 10.1. The minimum absolute atomic E-state index is 0.0316. The number of rotatable bonds is 12. The number of ether oxygens (including phenoxy) is 2. The van der Waals surface area contributed by atoms with Gasteiger partial charge in [-0.2, -0.15) is 0 Å². The Morgan fingerprint density at radius 2 is 1.50 bits per heavy atom. The van der Waals surface area contributed by atoms with E-state index in [0.29, 0.717) is 31.8 Å². The van der Waals surface area contributed by atoms with Crippen LogP contribution in [-0.2, 0) is 19.1 Å². The van der Waals surface area contributed by atoms with Gasteiger partial charge >= 0.3 is 11.9 Å². The second-order valence-corrected chi connectivity index (χ2v) is 4.78. The number of carbonyl (C=O) groups is 2. The van der Waals surface area contributed by atoms with E-state index in [2.05, 4.69) is 0 Å². The van der Waals surface area contributed by atoms with Crippen molar-refractivity contribution in [1.82, 2.24) is 0 Å². The van der Waals surface area contributed by atoms with Gasteiger partial charge < -0.3 is 19.7 Å². The first-order chi connectivity index (χ1) is 9.60. The molecule has 0 rings (SSSR count). The van der Waals surface area contributed by atoms with Crippen LogP contribution < -0.4 is 0 Å². The quantitative estimate of drug-likeness (QED) is 0.412. The van der Waals surface area contributed by atoms with Crippen LogP contribution in [0.15, 0.2) is 0 Å². The van der Waals surface area contributed by atoms with Crippen LogP contribution >= 0.6 is 0 Å². The summed E-state index contributed by atoms with van der Waals surface area (Å²) in [4.78, 5) is 22.4. The molecule has 0 amide bonds. The summed E-state index contributed by atoms with van der Waals surface area (Å²) in [6, 6.07) is 0. The molecule has 0 saturated carbocycles. The van der Waals surface area contributed by atoms with Crippen molar-refractivity contribution in [3.8, 4) is 0 Å². The van der Waals surface area contributed by atoms with Crippen molar-refractivity contribution in [3.05, 3.63) is 0 Å². The molecule has 0 aliphatic rings. The molecule has 0 radical (unpaired) electrons. The second-order valence-electron chi connectivity index (χ2n) is 4.78. The molecule has 1 atom stereocenters. The summed E-state index contributed by atoms with van der Waals surface area (Å²) in [5.74, 6) is -0.321. The molecule has 0 aromatic heterocycles. The van der Waals surface area contributed by atoms with Crippen molar-refractivity contribution in [3.63, 3.8) is 0 Å². The smallest absolute Gasteiger partial charge is 0.305 e. The van der Waals surface area contributed by atoms with Crippen molar-refractivity contribution in [1.29, 1.82) is 0 Å². The summed E-state index contributed by atoms with van der Waals surface area (Å²) in [7, 11) is 0. The highest BCUT2D eigenvalue weighted by molar-refractivity contribution is 5.70. The molecule has 0 heterocycles. The standard InChI is InChI=1S/C14H26O6/c1-12(6-9-16)7-11-20-14(18)5-3-10-19-13(17)4-2-8-15/h12,15-16H,2-11H2,1H3. The van der Waals surface area contributed by atoms with Crippen molar-refractivity contribution < 1.29 is 29.3 Å². The second kappa shape index (κ2) is 12.9. The molecular formula is C14H26O6. The maximum Gasteiger partial charge on any atom is 0.305 e. The molecule has 118 valence electrons. The third-order valence-electron chi connectivity index (χ3n) is 2.82. The topological polar surface area (TPSA) is 93.1 Å². The maximum atomic E-state index is 11.4. The Hall–Kier alpha value is -1.14. The summed E-state index contributed by atoms with van der Waals surface area (Å²) in [5, 5.41) is 17.3. The molecule has 0 bridgehead atoms. The zero-order valence-electron chi connectivity index (χ0n) is 12.2. The predicted molar refractivity (Wildman–Crippen MR) is 73.0 cm³/mol. The van der Waals surface area contributed by atoms with Gasteiger partial charge in [0.2, 0.25) is 0 Å². The normalized spacial score (nSPS) is 11.9. The highest BCUT2D eigenvalue weighted by Gasteiger charge is 2.07. The molecular weight excluding hydrogens is 264 g/mol. The average molecular weight is 290 g/mol. The Labute approximate surface area is 120 Å². The van der Waals surface area contributed by atoms with Crippen LogP contribution in [0.1, 0.15) is 45.4 Å². The molecule has 0 aliphatic heterocycles. The number of esters is 2. The van der Waals surface area contributed by atoms with E-state index in [0.717, 1.165) is 6.42 Å². The first-order valence-corrected chi connectivity index (χ1v) is 7.13. The van der Waals surface area contributed by atoms with E-state index in [1.165, 1.54) is 0 Å². The Balaban J connectivity index is 3.43. The monoisotopic (exact) mass is 290 g/mol. The van der Waals surface area contributed by atoms with Crippen molar-refractivity contribution in [2.24, 2.45) is 5.92 Å². The van der Waals surface area contributed by atoms with Gasteiger partial charge in [0, 0.05) is 26.1 Å². The zero-order valence-corrected chi connectivity index (χ0v) is 12.2. The van der Waals surface area contributed by atoms with Crippen LogP contribution in [0.3, 0.4) is 0 Å². The van der Waals surface area contributed by atoms with Gasteiger partial charge in [-0.3, -0.25) is 9.59 Å². The fraction of sp³-hybridized carbons (Fsp3) is 0.857. The number of carbonyl (C=O) groups excluding carboxylic acids is 2. The molecule has 6 nitrogen and oxygen atoms in total. The molecule has 2 N–H and O–H groups in total. The molecule has 0 saturated heterocycles. The molecule has 0 aromatic carbocycles. The number of hydrogen-bond donors (Lipinski definition) is 2. The Bertz CT molecular complexity index is 266. The van der Waals surface area contributed by atoms with Crippen LogP contribution in [-0.4, -0.2) is 48.6 Å². The summed E-state index contributed by atoms with van der Waals surface area (Å²) in [6.45, 7) is 2.67. The predicted octanol–water partition coefficient (Wildman–Crippen LogP) is 1.03. The fourth-order valence-electron chi connectivity index (χ4n) is 1.51. The van der Waals surface area contributed by atoms with Gasteiger partial charge in [0.05, 0.1) is 13.2 Å². The number of aliphatic hydroxyl groups excluding tert-OH is 2. The van der Waals surface area contributed by atoms with E-state index in [1.54, 1.807) is 0 Å². The third-order valence-corrected chi connectivity index (χ3v) is 2.82. The van der Waals surface area contributed by atoms with E-state index in [-0.39, 0.29) is 44.6 Å². The summed E-state index contributed by atoms with van der Waals surface area (Å²) >= 11 is 0. The molecule has 20 heavy (non-hydrogen) atoms. The number of aliphatic hydroxyl groups is 2. The summed E-state index contributed by atoms with van der Waals surface area (Å²) in [5.41, 5.74) is 0. The molecule has 0 fully saturated rings.